The highest BCUT2D eigenvalue weighted by molar-refractivity contribution is 7.15. The van der Waals surface area contributed by atoms with Crippen molar-refractivity contribution in [3.05, 3.63) is 51.3 Å². The Hall–Kier alpha value is -2.05. The molecule has 1 amide bonds. The van der Waals surface area contributed by atoms with Crippen LogP contribution in [-0.2, 0) is 12.8 Å². The average molecular weight is 355 g/mol. The summed E-state index contributed by atoms with van der Waals surface area (Å²) in [6.07, 6.45) is 9.47. The van der Waals surface area contributed by atoms with Crippen molar-refractivity contribution in [3.8, 4) is 11.3 Å². The first kappa shape index (κ1) is 15.5. The Morgan fingerprint density at radius 2 is 2.12 bits per heavy atom. The number of aryl methyl sites for hydroxylation is 2. The number of pyridine rings is 1. The van der Waals surface area contributed by atoms with E-state index < -0.39 is 0 Å². The van der Waals surface area contributed by atoms with Crippen LogP contribution in [0.15, 0.2) is 36.0 Å². The fourth-order valence-electron chi connectivity index (χ4n) is 2.92. The zero-order chi connectivity index (χ0) is 16.4. The number of hydrogen-bond acceptors (Lipinski definition) is 5. The van der Waals surface area contributed by atoms with Gasteiger partial charge in [-0.15, -0.1) is 22.7 Å². The molecule has 0 saturated heterocycles. The molecule has 1 aliphatic rings. The Kier molecular flexibility index (Phi) is 4.40. The van der Waals surface area contributed by atoms with Gasteiger partial charge in [0.05, 0.1) is 10.6 Å². The molecule has 0 bridgehead atoms. The largest absolute Gasteiger partial charge is 0.297 e. The van der Waals surface area contributed by atoms with E-state index in [1.807, 2.05) is 17.5 Å². The molecule has 0 radical (unpaired) electrons. The summed E-state index contributed by atoms with van der Waals surface area (Å²) in [6, 6.07) is 5.91. The van der Waals surface area contributed by atoms with E-state index in [1.165, 1.54) is 41.0 Å². The maximum Gasteiger partial charge on any atom is 0.267 e. The molecule has 0 saturated carbocycles. The van der Waals surface area contributed by atoms with E-state index in [1.54, 1.807) is 23.7 Å². The van der Waals surface area contributed by atoms with Gasteiger partial charge >= 0.3 is 0 Å². The summed E-state index contributed by atoms with van der Waals surface area (Å²) < 4.78 is 0. The summed E-state index contributed by atoms with van der Waals surface area (Å²) in [5.74, 6) is -0.0554. The molecule has 6 heteroatoms. The van der Waals surface area contributed by atoms with Gasteiger partial charge in [-0.05, 0) is 49.4 Å². The van der Waals surface area contributed by atoms with Crippen LogP contribution in [0.1, 0.15) is 39.4 Å². The molecule has 122 valence electrons. The highest BCUT2D eigenvalue weighted by atomic mass is 32.1. The van der Waals surface area contributed by atoms with Gasteiger partial charge in [-0.3, -0.25) is 15.1 Å². The molecule has 3 aromatic heterocycles. The third-order valence-electron chi connectivity index (χ3n) is 4.15. The first-order valence-electron chi connectivity index (χ1n) is 8.08. The number of amides is 1. The van der Waals surface area contributed by atoms with E-state index in [9.17, 15) is 4.79 Å². The molecule has 0 fully saturated rings. The second kappa shape index (κ2) is 6.83. The van der Waals surface area contributed by atoms with Crippen LogP contribution < -0.4 is 5.32 Å². The standard InChI is InChI=1S/C18H17N3OS2/c22-17(16-9-12-5-2-1-3-7-15(12)24-16)21-18-20-14(11-23-18)13-6-4-8-19-10-13/h4,6,8-11H,1-3,5,7H2,(H,20,21,22). The first-order chi connectivity index (χ1) is 11.8. The Bertz CT molecular complexity index is 831. The number of carbonyl (C=O) groups is 1. The lowest BCUT2D eigenvalue weighted by Crippen LogP contribution is -2.09. The molecule has 4 rings (SSSR count). The van der Waals surface area contributed by atoms with Crippen molar-refractivity contribution in [2.45, 2.75) is 32.1 Å². The van der Waals surface area contributed by atoms with Crippen LogP contribution in [-0.4, -0.2) is 15.9 Å². The minimum atomic E-state index is -0.0554. The van der Waals surface area contributed by atoms with E-state index >= 15 is 0 Å². The van der Waals surface area contributed by atoms with Crippen molar-refractivity contribution in [1.82, 2.24) is 9.97 Å². The predicted molar refractivity (Wildman–Crippen MR) is 98.9 cm³/mol. The van der Waals surface area contributed by atoms with E-state index in [-0.39, 0.29) is 5.91 Å². The van der Waals surface area contributed by atoms with Gasteiger partial charge in [-0.1, -0.05) is 6.42 Å². The van der Waals surface area contributed by atoms with Crippen LogP contribution in [0.5, 0.6) is 0 Å². The number of hydrogen-bond donors (Lipinski definition) is 1. The number of anilines is 1. The molecule has 0 spiro atoms. The number of aromatic nitrogens is 2. The number of fused-ring (bicyclic) bond motifs is 1. The van der Waals surface area contributed by atoms with Gasteiger partial charge < -0.3 is 0 Å². The molecular weight excluding hydrogens is 338 g/mol. The van der Waals surface area contributed by atoms with E-state index in [0.29, 0.717) is 5.13 Å². The van der Waals surface area contributed by atoms with E-state index in [2.05, 4.69) is 21.4 Å². The van der Waals surface area contributed by atoms with E-state index in [0.717, 1.165) is 29.0 Å². The maximum absolute atomic E-state index is 12.5. The number of thiazole rings is 1. The van der Waals surface area contributed by atoms with Crippen LogP contribution in [0.4, 0.5) is 5.13 Å². The first-order valence-corrected chi connectivity index (χ1v) is 9.78. The highest BCUT2D eigenvalue weighted by Crippen LogP contribution is 2.30. The minimum absolute atomic E-state index is 0.0554. The molecule has 0 atom stereocenters. The van der Waals surface area contributed by atoms with Crippen LogP contribution >= 0.6 is 22.7 Å². The minimum Gasteiger partial charge on any atom is -0.297 e. The number of nitrogens with zero attached hydrogens (tertiary/aromatic N) is 2. The third kappa shape index (κ3) is 3.25. The van der Waals surface area contributed by atoms with Gasteiger partial charge in [0.2, 0.25) is 0 Å². The molecule has 3 aromatic rings. The van der Waals surface area contributed by atoms with Crippen molar-refractivity contribution >= 4 is 33.7 Å². The molecule has 1 N–H and O–H groups in total. The molecule has 4 nitrogen and oxygen atoms in total. The van der Waals surface area contributed by atoms with Crippen molar-refractivity contribution in [2.24, 2.45) is 0 Å². The van der Waals surface area contributed by atoms with E-state index in [4.69, 9.17) is 0 Å². The second-order valence-electron chi connectivity index (χ2n) is 5.85. The SMILES string of the molecule is O=C(Nc1nc(-c2cccnc2)cs1)c1cc2c(s1)CCCCC2. The van der Waals surface area contributed by atoms with Gasteiger partial charge in [0, 0.05) is 28.2 Å². The van der Waals surface area contributed by atoms with Gasteiger partial charge in [-0.2, -0.15) is 0 Å². The predicted octanol–water partition coefficient (Wildman–Crippen LogP) is 4.79. The van der Waals surface area contributed by atoms with Crippen molar-refractivity contribution in [3.63, 3.8) is 0 Å². The quantitative estimate of drug-likeness (QED) is 0.687. The van der Waals surface area contributed by atoms with Gasteiger partial charge in [0.15, 0.2) is 5.13 Å². The number of carbonyl (C=O) groups excluding carboxylic acids is 1. The topological polar surface area (TPSA) is 54.9 Å². The van der Waals surface area contributed by atoms with Crippen molar-refractivity contribution in [1.29, 1.82) is 0 Å². The van der Waals surface area contributed by atoms with Gasteiger partial charge in [0.25, 0.3) is 5.91 Å². The Morgan fingerprint density at radius 3 is 3.00 bits per heavy atom. The van der Waals surface area contributed by atoms with Crippen molar-refractivity contribution < 1.29 is 4.79 Å². The van der Waals surface area contributed by atoms with Crippen molar-refractivity contribution in [2.75, 3.05) is 5.32 Å². The van der Waals surface area contributed by atoms with Gasteiger partial charge in [-0.25, -0.2) is 4.98 Å². The summed E-state index contributed by atoms with van der Waals surface area (Å²) in [6.45, 7) is 0. The lowest BCUT2D eigenvalue weighted by atomic mass is 10.1. The molecule has 0 aliphatic heterocycles. The van der Waals surface area contributed by atoms with Crippen LogP contribution in [0.2, 0.25) is 0 Å². The highest BCUT2D eigenvalue weighted by Gasteiger charge is 2.17. The zero-order valence-corrected chi connectivity index (χ0v) is 14.8. The van der Waals surface area contributed by atoms with Crippen LogP contribution in [0, 0.1) is 0 Å². The summed E-state index contributed by atoms with van der Waals surface area (Å²) >= 11 is 3.07. The smallest absolute Gasteiger partial charge is 0.267 e. The summed E-state index contributed by atoms with van der Waals surface area (Å²) in [7, 11) is 0. The number of rotatable bonds is 3. The number of nitrogens with one attached hydrogen (secondary N) is 1. The Labute approximate surface area is 148 Å². The molecular formula is C18H17N3OS2. The number of thiophene rings is 1. The van der Waals surface area contributed by atoms with Crippen LogP contribution in [0.25, 0.3) is 11.3 Å². The molecule has 3 heterocycles. The maximum atomic E-state index is 12.5. The Morgan fingerprint density at radius 1 is 1.21 bits per heavy atom. The average Bonchev–Trinajstić information content (AvgIpc) is 3.18. The monoisotopic (exact) mass is 355 g/mol. The normalized spacial score (nSPS) is 14.0. The molecule has 0 aromatic carbocycles. The molecule has 1 aliphatic carbocycles. The molecule has 24 heavy (non-hydrogen) atoms. The zero-order valence-electron chi connectivity index (χ0n) is 13.1. The summed E-state index contributed by atoms with van der Waals surface area (Å²) in [5.41, 5.74) is 3.15. The summed E-state index contributed by atoms with van der Waals surface area (Å²) in [5, 5.41) is 5.50. The Balaban J connectivity index is 1.50. The molecule has 0 unspecified atom stereocenters. The van der Waals surface area contributed by atoms with Crippen LogP contribution in [0.3, 0.4) is 0 Å². The fourth-order valence-corrected chi connectivity index (χ4v) is 4.78. The lowest BCUT2D eigenvalue weighted by molar-refractivity contribution is 0.103. The lowest BCUT2D eigenvalue weighted by Gasteiger charge is -1.99. The van der Waals surface area contributed by atoms with Gasteiger partial charge in [0.1, 0.15) is 0 Å². The third-order valence-corrected chi connectivity index (χ3v) is 6.15. The summed E-state index contributed by atoms with van der Waals surface area (Å²) in [4.78, 5) is 23.3. The fraction of sp³-hybridized carbons (Fsp3) is 0.278. The second-order valence-corrected chi connectivity index (χ2v) is 7.85.